The van der Waals surface area contributed by atoms with Crippen molar-refractivity contribution in [3.05, 3.63) is 88.1 Å². The highest BCUT2D eigenvalue weighted by atomic mass is 32.1. The molecule has 2 aromatic carbocycles. The van der Waals surface area contributed by atoms with Crippen LogP contribution in [0.5, 0.6) is 5.75 Å². The van der Waals surface area contributed by atoms with Gasteiger partial charge in [-0.2, -0.15) is 0 Å². The van der Waals surface area contributed by atoms with Gasteiger partial charge in [-0.15, -0.1) is 11.3 Å². The maximum Gasteiger partial charge on any atom is 0.357 e. The summed E-state index contributed by atoms with van der Waals surface area (Å²) in [7, 11) is 1.26. The minimum Gasteiger partial charge on any atom is -0.493 e. The fourth-order valence-electron chi connectivity index (χ4n) is 6.24. The van der Waals surface area contributed by atoms with Crippen LogP contribution in [0.2, 0.25) is 0 Å². The lowest BCUT2D eigenvalue weighted by molar-refractivity contribution is -0.0439. The first-order chi connectivity index (χ1) is 20.9. The molecule has 4 aliphatic rings. The first-order valence-corrected chi connectivity index (χ1v) is 15.1. The number of pyridine rings is 1. The molecule has 10 heteroatoms. The lowest BCUT2D eigenvalue weighted by atomic mass is 9.50. The van der Waals surface area contributed by atoms with E-state index in [1.54, 1.807) is 47.7 Å². The van der Waals surface area contributed by atoms with Gasteiger partial charge in [0.2, 0.25) is 0 Å². The lowest BCUT2D eigenvalue weighted by Crippen LogP contribution is -2.68. The van der Waals surface area contributed by atoms with Crippen LogP contribution in [-0.4, -0.2) is 42.0 Å². The number of hydrogen-bond donors (Lipinski definition) is 3. The van der Waals surface area contributed by atoms with Gasteiger partial charge in [-0.05, 0) is 84.2 Å². The number of thiophene rings is 1. The third-order valence-electron chi connectivity index (χ3n) is 8.65. The molecule has 9 nitrogen and oxygen atoms in total. The van der Waals surface area contributed by atoms with Crippen LogP contribution in [0.15, 0.2) is 60.0 Å². The molecule has 4 aromatic rings. The molecular formula is C33H30N4O5S. The van der Waals surface area contributed by atoms with Crippen molar-refractivity contribution in [2.24, 2.45) is 11.7 Å². The number of ether oxygens (including phenoxy) is 2. The van der Waals surface area contributed by atoms with Crippen LogP contribution in [-0.2, 0) is 17.7 Å². The van der Waals surface area contributed by atoms with Gasteiger partial charge in [-0.1, -0.05) is 12.1 Å². The average Bonchev–Trinajstić information content (AvgIpc) is 3.39. The number of hydrogen-bond acceptors (Lipinski definition) is 8. The number of carbonyl (C=O) groups is 3. The minimum absolute atomic E-state index is 0.0560. The number of benzene rings is 2. The predicted molar refractivity (Wildman–Crippen MR) is 163 cm³/mol. The summed E-state index contributed by atoms with van der Waals surface area (Å²) in [5.41, 5.74) is 10.3. The smallest absolute Gasteiger partial charge is 0.357 e. The molecule has 0 saturated heterocycles. The molecule has 0 spiro atoms. The van der Waals surface area contributed by atoms with E-state index in [-0.39, 0.29) is 28.7 Å². The van der Waals surface area contributed by atoms with Crippen molar-refractivity contribution in [3.8, 4) is 27.3 Å². The Morgan fingerprint density at radius 1 is 1.02 bits per heavy atom. The van der Waals surface area contributed by atoms with Crippen molar-refractivity contribution < 1.29 is 23.9 Å². The summed E-state index contributed by atoms with van der Waals surface area (Å²) in [6.07, 6.45) is 3.68. The summed E-state index contributed by atoms with van der Waals surface area (Å²) in [5, 5.41) is 8.10. The van der Waals surface area contributed by atoms with Gasteiger partial charge in [-0.25, -0.2) is 9.78 Å². The van der Waals surface area contributed by atoms with E-state index in [2.05, 4.69) is 21.7 Å². The summed E-state index contributed by atoms with van der Waals surface area (Å²) >= 11 is 1.59. The predicted octanol–water partition coefficient (Wildman–Crippen LogP) is 5.19. The van der Waals surface area contributed by atoms with E-state index in [4.69, 9.17) is 15.2 Å². The molecule has 4 N–H and O–H groups in total. The number of nitrogens with one attached hydrogen (secondary N) is 2. The van der Waals surface area contributed by atoms with Gasteiger partial charge in [0.25, 0.3) is 11.8 Å². The van der Waals surface area contributed by atoms with E-state index < -0.39 is 5.97 Å². The number of nitrogens with two attached hydrogens (primary N) is 1. The standard InChI is InChI=1S/C33H30N4O5S/c1-41-32(40)28-22(6-7-26(36-28)31(39)37-33-14-19(15-33)16-33)23-13-27-25(29-20(8-10-42-27)9-11-43-29)12-24(23)30(38)35-21-4-2-18(17-34)3-5-21/h2-7,9,11-13,19H,8,10,14-17,34H2,1H3,(H,35,38)(H,37,39). The maximum atomic E-state index is 13.9. The van der Waals surface area contributed by atoms with E-state index in [9.17, 15) is 14.4 Å². The van der Waals surface area contributed by atoms with Crippen LogP contribution in [0.1, 0.15) is 61.7 Å². The third-order valence-corrected chi connectivity index (χ3v) is 9.64. The van der Waals surface area contributed by atoms with Gasteiger partial charge >= 0.3 is 5.97 Å². The van der Waals surface area contributed by atoms with Crippen molar-refractivity contribution in [2.45, 2.75) is 37.8 Å². The van der Waals surface area contributed by atoms with Crippen LogP contribution in [0, 0.1) is 5.92 Å². The van der Waals surface area contributed by atoms with Crippen molar-refractivity contribution >= 4 is 34.8 Å². The van der Waals surface area contributed by atoms with Crippen molar-refractivity contribution in [1.29, 1.82) is 0 Å². The number of carbonyl (C=O) groups excluding carboxylic acids is 3. The fourth-order valence-corrected chi connectivity index (χ4v) is 7.22. The van der Waals surface area contributed by atoms with Gasteiger partial charge in [0.1, 0.15) is 11.4 Å². The molecule has 1 aliphatic heterocycles. The van der Waals surface area contributed by atoms with Gasteiger partial charge in [0.05, 0.1) is 13.7 Å². The highest BCUT2D eigenvalue weighted by molar-refractivity contribution is 7.13. The molecule has 2 bridgehead atoms. The molecule has 3 fully saturated rings. The second-order valence-corrected chi connectivity index (χ2v) is 12.3. The molecule has 2 amide bonds. The molecule has 218 valence electrons. The Labute approximate surface area is 252 Å². The minimum atomic E-state index is -0.713. The molecule has 3 heterocycles. The summed E-state index contributed by atoms with van der Waals surface area (Å²) in [6, 6.07) is 16.2. The van der Waals surface area contributed by atoms with Crippen molar-refractivity contribution in [3.63, 3.8) is 0 Å². The number of aromatic nitrogens is 1. The second kappa shape index (κ2) is 10.6. The number of fused-ring (bicyclic) bond motifs is 3. The van der Waals surface area contributed by atoms with Gasteiger partial charge in [0.15, 0.2) is 5.69 Å². The van der Waals surface area contributed by atoms with Crippen molar-refractivity contribution in [2.75, 3.05) is 19.0 Å². The largest absolute Gasteiger partial charge is 0.493 e. The Hall–Kier alpha value is -4.54. The fraction of sp³-hybridized carbons (Fsp3) is 0.273. The van der Waals surface area contributed by atoms with Crippen LogP contribution in [0.3, 0.4) is 0 Å². The molecule has 8 rings (SSSR count). The normalized spacial score (nSPS) is 19.3. The van der Waals surface area contributed by atoms with E-state index in [0.717, 1.165) is 47.3 Å². The molecule has 0 unspecified atom stereocenters. The average molecular weight is 595 g/mol. The first kappa shape index (κ1) is 27.3. The quantitative estimate of drug-likeness (QED) is 0.251. The number of amides is 2. The Morgan fingerprint density at radius 2 is 1.81 bits per heavy atom. The SMILES string of the molecule is COC(=O)c1nc(C(=O)NC23CC(C2)C3)ccc1-c1cc2c(cc1C(=O)Nc1ccc(CN)cc1)-c1sccc1CCO2. The number of nitrogens with zero attached hydrogens (tertiary/aromatic N) is 1. The zero-order chi connectivity index (χ0) is 29.7. The van der Waals surface area contributed by atoms with E-state index in [1.807, 2.05) is 17.5 Å². The van der Waals surface area contributed by atoms with Crippen LogP contribution in [0.4, 0.5) is 5.69 Å². The molecule has 0 atom stereocenters. The molecule has 2 aromatic heterocycles. The van der Waals surface area contributed by atoms with Crippen molar-refractivity contribution in [1.82, 2.24) is 10.3 Å². The molecule has 3 aliphatic carbocycles. The van der Waals surface area contributed by atoms with E-state index >= 15 is 0 Å². The first-order valence-electron chi connectivity index (χ1n) is 14.3. The summed E-state index contributed by atoms with van der Waals surface area (Å²) in [4.78, 5) is 45.7. The van der Waals surface area contributed by atoms with Crippen LogP contribution < -0.4 is 21.1 Å². The Kier molecular flexibility index (Phi) is 6.75. The lowest BCUT2D eigenvalue weighted by Gasteiger charge is -2.61. The zero-order valence-electron chi connectivity index (χ0n) is 23.6. The van der Waals surface area contributed by atoms with Crippen LogP contribution in [0.25, 0.3) is 21.6 Å². The number of esters is 1. The highest BCUT2D eigenvalue weighted by Crippen LogP contribution is 2.57. The van der Waals surface area contributed by atoms with E-state index in [0.29, 0.717) is 47.2 Å². The topological polar surface area (TPSA) is 133 Å². The number of anilines is 1. The Morgan fingerprint density at radius 3 is 2.51 bits per heavy atom. The summed E-state index contributed by atoms with van der Waals surface area (Å²) < 4.78 is 11.2. The van der Waals surface area contributed by atoms with Gasteiger partial charge < -0.3 is 25.8 Å². The summed E-state index contributed by atoms with van der Waals surface area (Å²) in [5.74, 6) is -0.118. The monoisotopic (exact) mass is 594 g/mol. The third kappa shape index (κ3) is 4.86. The Bertz CT molecular complexity index is 1760. The number of methoxy groups -OCH3 is 1. The number of rotatable bonds is 7. The Balaban J connectivity index is 1.33. The molecule has 43 heavy (non-hydrogen) atoms. The zero-order valence-corrected chi connectivity index (χ0v) is 24.4. The highest BCUT2D eigenvalue weighted by Gasteiger charge is 2.57. The molecule has 3 saturated carbocycles. The van der Waals surface area contributed by atoms with Crippen LogP contribution >= 0.6 is 11.3 Å². The van der Waals surface area contributed by atoms with Gasteiger partial charge in [-0.3, -0.25) is 9.59 Å². The molecule has 0 radical (unpaired) electrons. The molecular weight excluding hydrogens is 564 g/mol. The van der Waals surface area contributed by atoms with E-state index in [1.165, 1.54) is 7.11 Å². The maximum absolute atomic E-state index is 13.9. The second-order valence-electron chi connectivity index (χ2n) is 11.4. The summed E-state index contributed by atoms with van der Waals surface area (Å²) in [6.45, 7) is 0.865. The van der Waals surface area contributed by atoms with Gasteiger partial charge in [0, 0.05) is 51.3 Å².